The van der Waals surface area contributed by atoms with Crippen LogP contribution in [-0.4, -0.2) is 36.7 Å². The van der Waals surface area contributed by atoms with E-state index in [9.17, 15) is 19.1 Å². The zero-order valence-corrected chi connectivity index (χ0v) is 15.6. The van der Waals surface area contributed by atoms with Crippen LogP contribution in [0.25, 0.3) is 11.1 Å². The lowest BCUT2D eigenvalue weighted by Gasteiger charge is -2.20. The number of carboxylic acid groups (broad SMARTS) is 1. The van der Waals surface area contributed by atoms with Crippen LogP contribution in [0.1, 0.15) is 30.9 Å². The fourth-order valence-electron chi connectivity index (χ4n) is 3.36. The highest BCUT2D eigenvalue weighted by Crippen LogP contribution is 2.27. The van der Waals surface area contributed by atoms with Gasteiger partial charge in [0, 0.05) is 6.07 Å². The summed E-state index contributed by atoms with van der Waals surface area (Å²) in [6, 6.07) is 10.6. The molecule has 1 fully saturated rings. The van der Waals surface area contributed by atoms with E-state index in [0.717, 1.165) is 24.9 Å². The Balaban J connectivity index is 1.80. The van der Waals surface area contributed by atoms with Gasteiger partial charge in [0.2, 0.25) is 5.91 Å². The van der Waals surface area contributed by atoms with Crippen LogP contribution in [0.5, 0.6) is 5.75 Å². The molecular formula is C21H23FN2O4. The van der Waals surface area contributed by atoms with Crippen molar-refractivity contribution in [2.45, 2.75) is 31.3 Å². The smallest absolute Gasteiger partial charge is 0.305 e. The van der Waals surface area contributed by atoms with Gasteiger partial charge in [-0.15, -0.1) is 0 Å². The molecule has 0 bridgehead atoms. The van der Waals surface area contributed by atoms with E-state index in [1.54, 1.807) is 30.3 Å². The summed E-state index contributed by atoms with van der Waals surface area (Å²) in [4.78, 5) is 23.6. The minimum Gasteiger partial charge on any atom is -0.497 e. The molecule has 0 radical (unpaired) electrons. The highest BCUT2D eigenvalue weighted by atomic mass is 19.1. The van der Waals surface area contributed by atoms with E-state index < -0.39 is 17.8 Å². The molecule has 1 unspecified atom stereocenters. The molecule has 1 saturated heterocycles. The van der Waals surface area contributed by atoms with Crippen LogP contribution < -0.4 is 15.4 Å². The van der Waals surface area contributed by atoms with Crippen LogP contribution >= 0.6 is 0 Å². The summed E-state index contributed by atoms with van der Waals surface area (Å²) in [5.74, 6) is -1.18. The molecule has 0 spiro atoms. The second kappa shape index (κ2) is 8.84. The summed E-state index contributed by atoms with van der Waals surface area (Å²) >= 11 is 0. The Morgan fingerprint density at radius 3 is 2.61 bits per heavy atom. The Labute approximate surface area is 162 Å². The normalized spacial score (nSPS) is 17.1. The number of methoxy groups -OCH3 is 1. The van der Waals surface area contributed by atoms with Crippen molar-refractivity contribution in [3.8, 4) is 16.9 Å². The number of nitrogens with one attached hydrogen (secondary N) is 2. The molecule has 1 heterocycles. The summed E-state index contributed by atoms with van der Waals surface area (Å²) in [6.45, 7) is 0.785. The van der Waals surface area contributed by atoms with E-state index in [1.807, 2.05) is 0 Å². The molecule has 7 heteroatoms. The Morgan fingerprint density at radius 1 is 1.25 bits per heavy atom. The number of amides is 1. The zero-order chi connectivity index (χ0) is 20.1. The highest BCUT2D eigenvalue weighted by Gasteiger charge is 2.26. The van der Waals surface area contributed by atoms with Crippen LogP contribution in [-0.2, 0) is 9.59 Å². The number of benzene rings is 2. The minimum atomic E-state index is -0.997. The molecule has 6 nitrogen and oxygen atoms in total. The van der Waals surface area contributed by atoms with E-state index in [-0.39, 0.29) is 18.4 Å². The third-order valence-corrected chi connectivity index (χ3v) is 4.83. The Morgan fingerprint density at radius 2 is 2.00 bits per heavy atom. The summed E-state index contributed by atoms with van der Waals surface area (Å²) < 4.78 is 18.8. The molecule has 1 aliphatic rings. The van der Waals surface area contributed by atoms with Gasteiger partial charge in [-0.05, 0) is 48.2 Å². The Bertz CT molecular complexity index is 848. The van der Waals surface area contributed by atoms with Gasteiger partial charge in [-0.2, -0.15) is 0 Å². The molecule has 0 saturated carbocycles. The molecule has 1 aliphatic heterocycles. The van der Waals surface area contributed by atoms with Gasteiger partial charge in [0.15, 0.2) is 0 Å². The second-order valence-corrected chi connectivity index (χ2v) is 6.81. The number of aliphatic carboxylic acids is 1. The predicted molar refractivity (Wildman–Crippen MR) is 103 cm³/mol. The molecule has 2 atom stereocenters. The maximum absolute atomic E-state index is 13.7. The highest BCUT2D eigenvalue weighted by molar-refractivity contribution is 5.83. The van der Waals surface area contributed by atoms with Gasteiger partial charge < -0.3 is 20.5 Å². The summed E-state index contributed by atoms with van der Waals surface area (Å²) in [7, 11) is 1.47. The molecule has 3 N–H and O–H groups in total. The minimum absolute atomic E-state index is 0.192. The third-order valence-electron chi connectivity index (χ3n) is 4.83. The molecule has 2 aromatic rings. The quantitative estimate of drug-likeness (QED) is 0.681. The molecule has 0 aliphatic carbocycles. The molecule has 28 heavy (non-hydrogen) atoms. The standard InChI is InChI=1S/C21H23FN2O4/c1-28-17-10-15(9-16(22)11-17)13-4-6-14(7-5-13)19(12-20(25)26)24-21(27)18-3-2-8-23-18/h4-7,9-11,18-19,23H,2-3,8,12H2,1H3,(H,24,27)(H,25,26)/t18?,19-/m1/s1. The van der Waals surface area contributed by atoms with Crippen molar-refractivity contribution in [1.82, 2.24) is 10.6 Å². The van der Waals surface area contributed by atoms with Crippen molar-refractivity contribution >= 4 is 11.9 Å². The van der Waals surface area contributed by atoms with Gasteiger partial charge in [-0.3, -0.25) is 9.59 Å². The average molecular weight is 386 g/mol. The number of halogens is 1. The van der Waals surface area contributed by atoms with Crippen LogP contribution in [0.2, 0.25) is 0 Å². The summed E-state index contributed by atoms with van der Waals surface area (Å²) in [6.07, 6.45) is 1.45. The van der Waals surface area contributed by atoms with Gasteiger partial charge in [0.25, 0.3) is 0 Å². The summed E-state index contributed by atoms with van der Waals surface area (Å²) in [5.41, 5.74) is 2.10. The maximum Gasteiger partial charge on any atom is 0.305 e. The van der Waals surface area contributed by atoms with Crippen molar-refractivity contribution in [2.24, 2.45) is 0 Å². The number of hydrogen-bond donors (Lipinski definition) is 3. The van der Waals surface area contributed by atoms with Crippen molar-refractivity contribution in [2.75, 3.05) is 13.7 Å². The van der Waals surface area contributed by atoms with E-state index in [2.05, 4.69) is 10.6 Å². The fourth-order valence-corrected chi connectivity index (χ4v) is 3.36. The number of ether oxygens (including phenoxy) is 1. The predicted octanol–water partition coefficient (Wildman–Crippen LogP) is 2.89. The van der Waals surface area contributed by atoms with Crippen molar-refractivity contribution in [1.29, 1.82) is 0 Å². The van der Waals surface area contributed by atoms with Crippen molar-refractivity contribution in [3.63, 3.8) is 0 Å². The number of carbonyl (C=O) groups excluding carboxylic acids is 1. The largest absolute Gasteiger partial charge is 0.497 e. The van der Waals surface area contributed by atoms with Crippen LogP contribution in [0, 0.1) is 5.82 Å². The topological polar surface area (TPSA) is 87.7 Å². The molecular weight excluding hydrogens is 363 g/mol. The van der Waals surface area contributed by atoms with Gasteiger partial charge in [0.05, 0.1) is 25.6 Å². The Kier molecular flexibility index (Phi) is 6.26. The SMILES string of the molecule is COc1cc(F)cc(-c2ccc([C@@H](CC(=O)O)NC(=O)C3CCCN3)cc2)c1. The lowest BCUT2D eigenvalue weighted by molar-refractivity contribution is -0.137. The first-order valence-electron chi connectivity index (χ1n) is 9.16. The number of carbonyl (C=O) groups is 2. The molecule has 1 amide bonds. The first-order chi connectivity index (χ1) is 13.5. The van der Waals surface area contributed by atoms with Gasteiger partial charge >= 0.3 is 5.97 Å². The number of rotatable bonds is 7. The van der Waals surface area contributed by atoms with E-state index in [0.29, 0.717) is 16.9 Å². The molecule has 0 aromatic heterocycles. The van der Waals surface area contributed by atoms with Gasteiger partial charge in [-0.1, -0.05) is 24.3 Å². The second-order valence-electron chi connectivity index (χ2n) is 6.81. The first kappa shape index (κ1) is 19.8. The van der Waals surface area contributed by atoms with Crippen LogP contribution in [0.3, 0.4) is 0 Å². The lowest BCUT2D eigenvalue weighted by atomic mass is 9.98. The van der Waals surface area contributed by atoms with E-state index in [1.165, 1.54) is 19.2 Å². The number of hydrogen-bond acceptors (Lipinski definition) is 4. The fraction of sp³-hybridized carbons (Fsp3) is 0.333. The van der Waals surface area contributed by atoms with Gasteiger partial charge in [-0.25, -0.2) is 4.39 Å². The van der Waals surface area contributed by atoms with Crippen LogP contribution in [0.4, 0.5) is 4.39 Å². The third kappa shape index (κ3) is 4.86. The Hall–Kier alpha value is -2.93. The zero-order valence-electron chi connectivity index (χ0n) is 15.6. The van der Waals surface area contributed by atoms with Crippen LogP contribution in [0.15, 0.2) is 42.5 Å². The van der Waals surface area contributed by atoms with Crippen molar-refractivity contribution in [3.05, 3.63) is 53.8 Å². The van der Waals surface area contributed by atoms with Gasteiger partial charge in [0.1, 0.15) is 11.6 Å². The molecule has 148 valence electrons. The molecule has 3 rings (SSSR count). The summed E-state index contributed by atoms with van der Waals surface area (Å²) in [5, 5.41) is 15.2. The monoisotopic (exact) mass is 386 g/mol. The first-order valence-corrected chi connectivity index (χ1v) is 9.16. The van der Waals surface area contributed by atoms with E-state index in [4.69, 9.17) is 4.74 Å². The molecule has 2 aromatic carbocycles. The number of carboxylic acids is 1. The average Bonchev–Trinajstić information content (AvgIpc) is 3.21. The van der Waals surface area contributed by atoms with E-state index >= 15 is 0 Å². The maximum atomic E-state index is 13.7. The lowest BCUT2D eigenvalue weighted by Crippen LogP contribution is -2.42. The van der Waals surface area contributed by atoms with Crippen molar-refractivity contribution < 1.29 is 23.8 Å².